The lowest BCUT2D eigenvalue weighted by atomic mass is 10.1. The number of carbonyl (C=O) groups is 1. The molecule has 0 aromatic heterocycles. The van der Waals surface area contributed by atoms with Gasteiger partial charge in [0.2, 0.25) is 0 Å². The Labute approximate surface area is 146 Å². The Morgan fingerprint density at radius 3 is 2.44 bits per heavy atom. The van der Waals surface area contributed by atoms with Gasteiger partial charge in [0.05, 0.1) is 16.3 Å². The predicted molar refractivity (Wildman–Crippen MR) is 87.8 cm³/mol. The highest BCUT2D eigenvalue weighted by Gasteiger charge is 2.42. The first-order valence-electron chi connectivity index (χ1n) is 7.30. The zero-order valence-electron chi connectivity index (χ0n) is 12.7. The van der Waals surface area contributed by atoms with Crippen LogP contribution in [0.5, 0.6) is 0 Å². The van der Waals surface area contributed by atoms with Gasteiger partial charge in [-0.3, -0.25) is 9.69 Å². The van der Waals surface area contributed by atoms with Gasteiger partial charge >= 0.3 is 12.1 Å². The second-order valence-electron chi connectivity index (χ2n) is 5.51. The molecule has 1 aliphatic rings. The molecule has 4 nitrogen and oxygen atoms in total. The van der Waals surface area contributed by atoms with E-state index in [-0.39, 0.29) is 21.8 Å². The lowest BCUT2D eigenvalue weighted by Crippen LogP contribution is -2.43. The zero-order chi connectivity index (χ0) is 18.2. The van der Waals surface area contributed by atoms with E-state index in [1.807, 2.05) is 0 Å². The Hall–Kier alpha value is -2.54. The summed E-state index contributed by atoms with van der Waals surface area (Å²) in [5.74, 6) is -0.985. The monoisotopic (exact) mass is 368 g/mol. The van der Waals surface area contributed by atoms with Gasteiger partial charge in [0.1, 0.15) is 6.54 Å². The summed E-state index contributed by atoms with van der Waals surface area (Å²) < 4.78 is 39.4. The molecule has 1 atom stereocenters. The van der Waals surface area contributed by atoms with Gasteiger partial charge in [-0.2, -0.15) is 17.9 Å². The van der Waals surface area contributed by atoms with E-state index in [4.69, 9.17) is 11.6 Å². The highest BCUT2D eigenvalue weighted by atomic mass is 35.5. The number of rotatable bonds is 2. The summed E-state index contributed by atoms with van der Waals surface area (Å²) in [4.78, 5) is 13.4. The normalized spacial score (nSPS) is 17.8. The third-order valence-electron chi connectivity index (χ3n) is 3.79. The van der Waals surface area contributed by atoms with Crippen LogP contribution in [0.3, 0.4) is 0 Å². The van der Waals surface area contributed by atoms with Crippen molar-refractivity contribution in [3.63, 3.8) is 0 Å². The van der Waals surface area contributed by atoms with Gasteiger partial charge in [-0.1, -0.05) is 41.9 Å². The van der Waals surface area contributed by atoms with Crippen LogP contribution in [0.4, 0.5) is 18.9 Å². The predicted octanol–water partition coefficient (Wildman–Crippen LogP) is 3.92. The average molecular weight is 369 g/mol. The topological polar surface area (TPSA) is 46.4 Å². The lowest BCUT2D eigenvalue weighted by molar-refractivity contribution is -0.486. The molecule has 1 heterocycles. The number of alkyl halides is 3. The molecule has 2 aromatic rings. The maximum absolute atomic E-state index is 13.0. The van der Waals surface area contributed by atoms with Crippen LogP contribution in [0.2, 0.25) is 5.02 Å². The van der Waals surface area contributed by atoms with E-state index in [9.17, 15) is 23.2 Å². The molecule has 1 unspecified atom stereocenters. The largest absolute Gasteiger partial charge is 0.623 e. The maximum Gasteiger partial charge on any atom is 0.406 e. The molecular weight excluding hydrogens is 357 g/mol. The molecule has 130 valence electrons. The SMILES string of the molecule is O=C1C(c2ccccc2Cl)[N+]([O-])=Cc2ccccc2N1CC(F)(F)F. The molecule has 2 aromatic carbocycles. The van der Waals surface area contributed by atoms with Crippen LogP contribution in [-0.4, -0.2) is 29.6 Å². The zero-order valence-corrected chi connectivity index (χ0v) is 13.5. The average Bonchev–Trinajstić information content (AvgIpc) is 2.63. The first-order chi connectivity index (χ1) is 11.8. The van der Waals surface area contributed by atoms with Crippen molar-refractivity contribution in [3.8, 4) is 0 Å². The quantitative estimate of drug-likeness (QED) is 0.596. The van der Waals surface area contributed by atoms with Crippen molar-refractivity contribution in [2.45, 2.75) is 12.2 Å². The van der Waals surface area contributed by atoms with Crippen molar-refractivity contribution in [2.24, 2.45) is 0 Å². The second kappa shape index (κ2) is 6.40. The van der Waals surface area contributed by atoms with Crippen molar-refractivity contribution >= 4 is 29.4 Å². The van der Waals surface area contributed by atoms with Gasteiger partial charge in [0.25, 0.3) is 6.04 Å². The molecule has 0 bridgehead atoms. The van der Waals surface area contributed by atoms with Gasteiger partial charge < -0.3 is 5.21 Å². The summed E-state index contributed by atoms with van der Waals surface area (Å²) >= 11 is 6.06. The number of para-hydroxylation sites is 1. The third-order valence-corrected chi connectivity index (χ3v) is 4.13. The van der Waals surface area contributed by atoms with Crippen LogP contribution in [0.1, 0.15) is 17.2 Å². The molecule has 1 aliphatic heterocycles. The molecule has 0 fully saturated rings. The summed E-state index contributed by atoms with van der Waals surface area (Å²) in [5.41, 5.74) is 0.408. The van der Waals surface area contributed by atoms with Crippen LogP contribution >= 0.6 is 11.6 Å². The van der Waals surface area contributed by atoms with Gasteiger partial charge in [0.15, 0.2) is 6.21 Å². The van der Waals surface area contributed by atoms with Crippen molar-refractivity contribution in [1.82, 2.24) is 0 Å². The Kier molecular flexibility index (Phi) is 4.43. The van der Waals surface area contributed by atoms with E-state index in [1.54, 1.807) is 18.2 Å². The minimum atomic E-state index is -4.62. The number of hydroxylamine groups is 1. The number of hydrogen-bond acceptors (Lipinski definition) is 2. The van der Waals surface area contributed by atoms with Gasteiger partial charge in [0, 0.05) is 5.56 Å². The second-order valence-corrected chi connectivity index (χ2v) is 5.92. The van der Waals surface area contributed by atoms with Crippen molar-refractivity contribution in [1.29, 1.82) is 0 Å². The summed E-state index contributed by atoms with van der Waals surface area (Å²) in [6.45, 7) is -1.49. The highest BCUT2D eigenvalue weighted by molar-refractivity contribution is 6.31. The Morgan fingerprint density at radius 2 is 1.76 bits per heavy atom. The van der Waals surface area contributed by atoms with Crippen molar-refractivity contribution in [2.75, 3.05) is 11.4 Å². The highest BCUT2D eigenvalue weighted by Crippen LogP contribution is 2.33. The molecule has 8 heteroatoms. The van der Waals surface area contributed by atoms with E-state index < -0.39 is 24.7 Å². The van der Waals surface area contributed by atoms with Gasteiger partial charge in [-0.15, -0.1) is 0 Å². The van der Waals surface area contributed by atoms with Crippen LogP contribution in [0.15, 0.2) is 48.5 Å². The van der Waals surface area contributed by atoms with Crippen molar-refractivity contribution < 1.29 is 22.7 Å². The Bertz CT molecular complexity index is 852. The summed E-state index contributed by atoms with van der Waals surface area (Å²) in [7, 11) is 0. The summed E-state index contributed by atoms with van der Waals surface area (Å²) in [6.07, 6.45) is -3.51. The standard InChI is InChI=1S/C17H12ClF3N2O2/c18-13-7-3-2-6-12(13)15-16(24)22(10-17(19,20)21)14-8-4-1-5-11(14)9-23(15)25/h1-9,15H,10H2. The van der Waals surface area contributed by atoms with Crippen LogP contribution in [0, 0.1) is 5.21 Å². The number of anilines is 1. The molecule has 0 spiro atoms. The third kappa shape index (κ3) is 3.46. The van der Waals surface area contributed by atoms with E-state index in [1.165, 1.54) is 30.3 Å². The first kappa shape index (κ1) is 17.3. The molecule has 0 N–H and O–H groups in total. The van der Waals surface area contributed by atoms with Crippen LogP contribution in [-0.2, 0) is 4.79 Å². The van der Waals surface area contributed by atoms with E-state index in [2.05, 4.69) is 0 Å². The molecule has 0 saturated heterocycles. The minimum Gasteiger partial charge on any atom is -0.623 e. The fourth-order valence-corrected chi connectivity index (χ4v) is 2.98. The molecular formula is C17H12ClF3N2O2. The summed E-state index contributed by atoms with van der Waals surface area (Å²) in [5, 5.41) is 12.7. The Morgan fingerprint density at radius 1 is 1.12 bits per heavy atom. The number of amides is 1. The van der Waals surface area contributed by atoms with Crippen molar-refractivity contribution in [3.05, 3.63) is 69.9 Å². The fourth-order valence-electron chi connectivity index (χ4n) is 2.74. The van der Waals surface area contributed by atoms with E-state index in [0.29, 0.717) is 9.64 Å². The first-order valence-corrected chi connectivity index (χ1v) is 7.67. The number of hydrogen-bond donors (Lipinski definition) is 0. The smallest absolute Gasteiger partial charge is 0.406 e. The number of benzodiazepines with no additional fused rings is 1. The van der Waals surface area contributed by atoms with E-state index in [0.717, 1.165) is 6.21 Å². The molecule has 3 rings (SSSR count). The minimum absolute atomic E-state index is 0.0280. The molecule has 0 radical (unpaired) electrons. The van der Waals surface area contributed by atoms with Crippen LogP contribution in [0.25, 0.3) is 0 Å². The fraction of sp³-hybridized carbons (Fsp3) is 0.176. The molecule has 0 aliphatic carbocycles. The molecule has 1 amide bonds. The Balaban J connectivity index is 2.17. The van der Waals surface area contributed by atoms with Gasteiger partial charge in [-0.05, 0) is 18.2 Å². The van der Waals surface area contributed by atoms with E-state index >= 15 is 0 Å². The molecule has 25 heavy (non-hydrogen) atoms. The summed E-state index contributed by atoms with van der Waals surface area (Å²) in [6, 6.07) is 10.5. The van der Waals surface area contributed by atoms with Gasteiger partial charge in [-0.25, -0.2) is 0 Å². The van der Waals surface area contributed by atoms with Crippen LogP contribution < -0.4 is 4.90 Å². The lowest BCUT2D eigenvalue weighted by Gasteiger charge is -2.26. The molecule has 0 saturated carbocycles. The number of benzene rings is 2. The number of nitrogens with zero attached hydrogens (tertiary/aromatic N) is 2. The number of carbonyl (C=O) groups excluding carboxylic acids is 1. The maximum atomic E-state index is 13.0. The number of fused-ring (bicyclic) bond motifs is 1. The number of halogens is 4.